The molecule has 5 nitrogen and oxygen atoms in total. The van der Waals surface area contributed by atoms with E-state index in [2.05, 4.69) is 78.1 Å². The van der Waals surface area contributed by atoms with Crippen LogP contribution < -0.4 is 5.32 Å². The fourth-order valence-corrected chi connectivity index (χ4v) is 5.92. The highest BCUT2D eigenvalue weighted by atomic mass is 32.2. The summed E-state index contributed by atoms with van der Waals surface area (Å²) < 4.78 is 6.21. The van der Waals surface area contributed by atoms with Gasteiger partial charge in [-0.05, 0) is 40.5 Å². The molecule has 0 fully saturated rings. The monoisotopic (exact) mass is 557 g/mol. The van der Waals surface area contributed by atoms with E-state index in [-0.39, 0.29) is 11.7 Å². The highest BCUT2D eigenvalue weighted by Crippen LogP contribution is 2.36. The molecule has 2 N–H and O–H groups in total. The summed E-state index contributed by atoms with van der Waals surface area (Å²) in [5.74, 6) is -0.513. The molecule has 1 heterocycles. The molecule has 1 atom stereocenters. The lowest BCUT2D eigenvalue weighted by Gasteiger charge is -2.14. The van der Waals surface area contributed by atoms with Crippen molar-refractivity contribution in [2.45, 2.75) is 11.8 Å². The number of carbonyl (C=O) groups is 2. The van der Waals surface area contributed by atoms with Crippen LogP contribution in [0.25, 0.3) is 44.2 Å². The van der Waals surface area contributed by atoms with Crippen LogP contribution in [0, 0.1) is 0 Å². The normalized spacial score (nSPS) is 11.9. The van der Waals surface area contributed by atoms with E-state index in [0.717, 1.165) is 49.8 Å². The Labute approximate surface area is 241 Å². The Bertz CT molecular complexity index is 1830. The average molecular weight is 558 g/mol. The Balaban J connectivity index is 1.10. The molecule has 0 aliphatic rings. The van der Waals surface area contributed by atoms with Gasteiger partial charge < -0.3 is 14.8 Å². The van der Waals surface area contributed by atoms with Crippen molar-refractivity contribution < 1.29 is 19.1 Å². The largest absolute Gasteiger partial charge is 0.480 e. The molecule has 6 rings (SSSR count). The lowest BCUT2D eigenvalue weighted by atomic mass is 9.98. The van der Waals surface area contributed by atoms with Crippen molar-refractivity contribution in [1.29, 1.82) is 0 Å². The number of furan rings is 1. The van der Waals surface area contributed by atoms with Gasteiger partial charge in [0.25, 0.3) is 5.91 Å². The van der Waals surface area contributed by atoms with Crippen LogP contribution in [-0.4, -0.2) is 28.8 Å². The van der Waals surface area contributed by atoms with Crippen molar-refractivity contribution in [3.63, 3.8) is 0 Å². The van der Waals surface area contributed by atoms with Crippen molar-refractivity contribution in [3.05, 3.63) is 132 Å². The van der Waals surface area contributed by atoms with Gasteiger partial charge in [0.2, 0.25) is 0 Å². The zero-order valence-corrected chi connectivity index (χ0v) is 22.9. The van der Waals surface area contributed by atoms with Crippen LogP contribution in [0.2, 0.25) is 0 Å². The Morgan fingerprint density at radius 1 is 0.707 bits per heavy atom. The number of carboxylic acids is 1. The lowest BCUT2D eigenvalue weighted by Crippen LogP contribution is -2.42. The van der Waals surface area contributed by atoms with Gasteiger partial charge in [-0.2, -0.15) is 11.8 Å². The van der Waals surface area contributed by atoms with Gasteiger partial charge in [0.05, 0.1) is 0 Å². The molecule has 0 aliphatic heterocycles. The standard InChI is InChI=1S/C35H27NO4S/c37-34(27-7-2-1-3-8-27)36-31(35(38)39)22-41-21-23-13-15-24(16-14-23)25-17-19-26(20-18-25)28-10-6-11-30-29-9-4-5-12-32(29)40-33(28)30/h1-20,31H,21-22H2,(H,36,37)(H,38,39)/t31-/m0/s1. The molecule has 5 aromatic carbocycles. The molecule has 0 saturated carbocycles. The van der Waals surface area contributed by atoms with Crippen molar-refractivity contribution in [2.24, 2.45) is 0 Å². The molecule has 6 aromatic rings. The zero-order chi connectivity index (χ0) is 28.2. The SMILES string of the molecule is O=C(N[C@@H](CSCc1ccc(-c2ccc(-c3cccc4c3oc3ccccc34)cc2)cc1)C(=O)O)c1ccccc1. The van der Waals surface area contributed by atoms with Crippen LogP contribution in [0.4, 0.5) is 0 Å². The van der Waals surface area contributed by atoms with Gasteiger partial charge in [-0.1, -0.05) is 103 Å². The van der Waals surface area contributed by atoms with Crippen LogP contribution >= 0.6 is 11.8 Å². The Morgan fingerprint density at radius 2 is 1.34 bits per heavy atom. The number of carbonyl (C=O) groups excluding carboxylic acids is 1. The maximum absolute atomic E-state index is 12.4. The maximum atomic E-state index is 12.4. The molecule has 0 unspecified atom stereocenters. The second kappa shape index (κ2) is 11.7. The molecule has 1 aromatic heterocycles. The van der Waals surface area contributed by atoms with Crippen molar-refractivity contribution in [1.82, 2.24) is 5.32 Å². The van der Waals surface area contributed by atoms with E-state index in [1.807, 2.05) is 24.3 Å². The summed E-state index contributed by atoms with van der Waals surface area (Å²) in [7, 11) is 0. The summed E-state index contributed by atoms with van der Waals surface area (Å²) in [6, 6.07) is 38.8. The lowest BCUT2D eigenvalue weighted by molar-refractivity contribution is -0.138. The smallest absolute Gasteiger partial charge is 0.327 e. The third-order valence-electron chi connectivity index (χ3n) is 7.08. The van der Waals surface area contributed by atoms with Gasteiger partial charge in [0.1, 0.15) is 17.2 Å². The van der Waals surface area contributed by atoms with Crippen LogP contribution in [0.15, 0.2) is 126 Å². The van der Waals surface area contributed by atoms with E-state index in [9.17, 15) is 14.7 Å². The second-order valence-corrected chi connectivity index (χ2v) is 10.8. The fourth-order valence-electron chi connectivity index (χ4n) is 4.91. The van der Waals surface area contributed by atoms with E-state index in [1.54, 1.807) is 24.3 Å². The van der Waals surface area contributed by atoms with E-state index < -0.39 is 12.0 Å². The first kappa shape index (κ1) is 26.4. The Kier molecular flexibility index (Phi) is 7.56. The summed E-state index contributed by atoms with van der Waals surface area (Å²) in [6.07, 6.45) is 0. The van der Waals surface area contributed by atoms with Gasteiger partial charge in [0.15, 0.2) is 0 Å². The quantitative estimate of drug-likeness (QED) is 0.188. The number of rotatable bonds is 9. The van der Waals surface area contributed by atoms with Gasteiger partial charge in [0, 0.05) is 33.4 Å². The number of benzene rings is 5. The summed E-state index contributed by atoms with van der Waals surface area (Å²) in [4.78, 5) is 24.1. The van der Waals surface area contributed by atoms with Crippen molar-refractivity contribution in [2.75, 3.05) is 5.75 Å². The number of carboxylic acid groups (broad SMARTS) is 1. The van der Waals surface area contributed by atoms with Gasteiger partial charge in [-0.3, -0.25) is 4.79 Å². The topological polar surface area (TPSA) is 79.5 Å². The summed E-state index contributed by atoms with van der Waals surface area (Å²) in [5.41, 5.74) is 7.69. The zero-order valence-electron chi connectivity index (χ0n) is 22.1. The first-order chi connectivity index (χ1) is 20.1. The van der Waals surface area contributed by atoms with Crippen LogP contribution in [-0.2, 0) is 10.5 Å². The van der Waals surface area contributed by atoms with E-state index in [0.29, 0.717) is 11.3 Å². The third-order valence-corrected chi connectivity index (χ3v) is 8.19. The number of hydrogen-bond acceptors (Lipinski definition) is 4. The molecular formula is C35H27NO4S. The van der Waals surface area contributed by atoms with E-state index in [1.165, 1.54) is 11.8 Å². The van der Waals surface area contributed by atoms with Gasteiger partial charge in [-0.25, -0.2) is 4.79 Å². The molecule has 0 bridgehead atoms. The number of fused-ring (bicyclic) bond motifs is 3. The van der Waals surface area contributed by atoms with Crippen LogP contribution in [0.5, 0.6) is 0 Å². The fraction of sp³-hybridized carbons (Fsp3) is 0.0857. The molecular weight excluding hydrogens is 530 g/mol. The molecule has 0 saturated heterocycles. The van der Waals surface area contributed by atoms with Gasteiger partial charge >= 0.3 is 5.97 Å². The maximum Gasteiger partial charge on any atom is 0.327 e. The summed E-state index contributed by atoms with van der Waals surface area (Å²) in [5, 5.41) is 14.4. The highest BCUT2D eigenvalue weighted by molar-refractivity contribution is 7.98. The van der Waals surface area contributed by atoms with Gasteiger partial charge in [-0.15, -0.1) is 0 Å². The first-order valence-corrected chi connectivity index (χ1v) is 14.5. The molecule has 41 heavy (non-hydrogen) atoms. The average Bonchev–Trinajstić information content (AvgIpc) is 3.40. The Hall–Kier alpha value is -4.81. The molecule has 202 valence electrons. The van der Waals surface area contributed by atoms with Crippen LogP contribution in [0.1, 0.15) is 15.9 Å². The third kappa shape index (κ3) is 5.74. The molecule has 0 aliphatic carbocycles. The van der Waals surface area contributed by atoms with Crippen molar-refractivity contribution >= 4 is 45.6 Å². The second-order valence-electron chi connectivity index (χ2n) is 9.80. The molecule has 0 spiro atoms. The molecule has 0 radical (unpaired) electrons. The first-order valence-electron chi connectivity index (χ1n) is 13.3. The van der Waals surface area contributed by atoms with Crippen molar-refractivity contribution in [3.8, 4) is 22.3 Å². The minimum atomic E-state index is -1.04. The molecule has 1 amide bonds. The number of hydrogen-bond donors (Lipinski definition) is 2. The summed E-state index contributed by atoms with van der Waals surface area (Å²) in [6.45, 7) is 0. The highest BCUT2D eigenvalue weighted by Gasteiger charge is 2.20. The predicted octanol–water partition coefficient (Wildman–Crippen LogP) is 8.04. The molecule has 6 heteroatoms. The van der Waals surface area contributed by atoms with E-state index in [4.69, 9.17) is 4.42 Å². The van der Waals surface area contributed by atoms with Crippen LogP contribution in [0.3, 0.4) is 0 Å². The number of para-hydroxylation sites is 2. The predicted molar refractivity (Wildman–Crippen MR) is 166 cm³/mol. The summed E-state index contributed by atoms with van der Waals surface area (Å²) >= 11 is 1.48. The number of amides is 1. The number of nitrogens with one attached hydrogen (secondary N) is 1. The minimum Gasteiger partial charge on any atom is -0.480 e. The Morgan fingerprint density at radius 3 is 2.07 bits per heavy atom. The minimum absolute atomic E-state index is 0.273. The van der Waals surface area contributed by atoms with E-state index >= 15 is 0 Å². The number of aliphatic carboxylic acids is 1. The number of thioether (sulfide) groups is 1.